The van der Waals surface area contributed by atoms with Gasteiger partial charge in [-0.05, 0) is 12.1 Å². The van der Waals surface area contributed by atoms with E-state index in [9.17, 15) is 8.42 Å². The Bertz CT molecular complexity index is 548. The van der Waals surface area contributed by atoms with Crippen LogP contribution in [0.25, 0.3) is 0 Å². The van der Waals surface area contributed by atoms with Gasteiger partial charge >= 0.3 is 0 Å². The standard InChI is InChI=1S/C11H13N3O2S.ClH/c12-9-10-3-1-2-4-11(10)17(15,16)14-7-5-13-6-8-14;/h1-4,13H,5-8H2;1H. The van der Waals surface area contributed by atoms with Gasteiger partial charge in [0.05, 0.1) is 10.5 Å². The molecular weight excluding hydrogens is 274 g/mol. The summed E-state index contributed by atoms with van der Waals surface area (Å²) >= 11 is 0. The van der Waals surface area contributed by atoms with Crippen molar-refractivity contribution in [2.75, 3.05) is 26.2 Å². The number of piperazine rings is 1. The second kappa shape index (κ2) is 6.16. The summed E-state index contributed by atoms with van der Waals surface area (Å²) in [7, 11) is -3.53. The van der Waals surface area contributed by atoms with Crippen LogP contribution in [-0.4, -0.2) is 38.9 Å². The van der Waals surface area contributed by atoms with Crippen LogP contribution in [0.15, 0.2) is 29.2 Å². The van der Waals surface area contributed by atoms with Crippen molar-refractivity contribution in [1.82, 2.24) is 9.62 Å². The normalized spacial score (nSPS) is 16.6. The number of hydrogen-bond donors (Lipinski definition) is 1. The second-order valence-electron chi connectivity index (χ2n) is 3.76. The minimum absolute atomic E-state index is 0. The second-order valence-corrected chi connectivity index (χ2v) is 5.67. The molecule has 0 unspecified atom stereocenters. The summed E-state index contributed by atoms with van der Waals surface area (Å²) in [6, 6.07) is 8.22. The molecule has 0 saturated carbocycles. The average Bonchev–Trinajstić information content (AvgIpc) is 2.39. The summed E-state index contributed by atoms with van der Waals surface area (Å²) in [6.45, 7) is 2.19. The van der Waals surface area contributed by atoms with Crippen molar-refractivity contribution in [3.05, 3.63) is 29.8 Å². The first-order valence-corrected chi connectivity index (χ1v) is 6.80. The van der Waals surface area contributed by atoms with Gasteiger partial charge in [0.2, 0.25) is 10.0 Å². The molecule has 1 saturated heterocycles. The first kappa shape index (κ1) is 14.9. The zero-order chi connectivity index (χ0) is 12.3. The van der Waals surface area contributed by atoms with E-state index in [1.54, 1.807) is 12.1 Å². The van der Waals surface area contributed by atoms with Crippen LogP contribution in [0.5, 0.6) is 0 Å². The number of nitrogens with zero attached hydrogens (tertiary/aromatic N) is 2. The van der Waals surface area contributed by atoms with E-state index in [4.69, 9.17) is 5.26 Å². The van der Waals surface area contributed by atoms with Crippen molar-refractivity contribution in [2.24, 2.45) is 0 Å². The van der Waals surface area contributed by atoms with E-state index < -0.39 is 10.0 Å². The molecule has 1 aliphatic rings. The third-order valence-electron chi connectivity index (χ3n) is 2.70. The Morgan fingerprint density at radius 3 is 2.44 bits per heavy atom. The van der Waals surface area contributed by atoms with E-state index in [0.717, 1.165) is 0 Å². The molecule has 7 heteroatoms. The van der Waals surface area contributed by atoms with Gasteiger partial charge in [0.25, 0.3) is 0 Å². The largest absolute Gasteiger partial charge is 0.314 e. The highest BCUT2D eigenvalue weighted by molar-refractivity contribution is 7.89. The van der Waals surface area contributed by atoms with Crippen molar-refractivity contribution >= 4 is 22.4 Å². The Morgan fingerprint density at radius 2 is 1.83 bits per heavy atom. The maximum atomic E-state index is 12.3. The van der Waals surface area contributed by atoms with Crippen LogP contribution in [0.4, 0.5) is 0 Å². The van der Waals surface area contributed by atoms with Crippen molar-refractivity contribution < 1.29 is 8.42 Å². The zero-order valence-electron chi connectivity index (χ0n) is 9.67. The van der Waals surface area contributed by atoms with Crippen molar-refractivity contribution in [3.8, 4) is 6.07 Å². The summed E-state index contributed by atoms with van der Waals surface area (Å²) < 4.78 is 26.0. The number of nitrogens with one attached hydrogen (secondary N) is 1. The summed E-state index contributed by atoms with van der Waals surface area (Å²) in [5, 5.41) is 12.0. The molecule has 0 radical (unpaired) electrons. The Balaban J connectivity index is 0.00000162. The molecule has 98 valence electrons. The molecule has 0 atom stereocenters. The first-order valence-electron chi connectivity index (χ1n) is 5.36. The maximum absolute atomic E-state index is 12.3. The third-order valence-corrected chi connectivity index (χ3v) is 4.66. The lowest BCUT2D eigenvalue weighted by Crippen LogP contribution is -2.46. The Labute approximate surface area is 113 Å². The molecule has 0 spiro atoms. The number of halogens is 1. The van der Waals surface area contributed by atoms with Gasteiger partial charge in [0.15, 0.2) is 0 Å². The summed E-state index contributed by atoms with van der Waals surface area (Å²) in [6.07, 6.45) is 0. The summed E-state index contributed by atoms with van der Waals surface area (Å²) in [4.78, 5) is 0.101. The van der Waals surface area contributed by atoms with Gasteiger partial charge < -0.3 is 5.32 Å². The molecule has 1 aromatic carbocycles. The van der Waals surface area contributed by atoms with Gasteiger partial charge in [-0.25, -0.2) is 8.42 Å². The molecule has 1 aromatic rings. The first-order chi connectivity index (χ1) is 8.16. The average molecular weight is 288 g/mol. The maximum Gasteiger partial charge on any atom is 0.244 e. The van der Waals surface area contributed by atoms with E-state index in [-0.39, 0.29) is 22.9 Å². The lowest BCUT2D eigenvalue weighted by molar-refractivity contribution is 0.360. The monoisotopic (exact) mass is 287 g/mol. The van der Waals surface area contributed by atoms with E-state index in [1.807, 2.05) is 6.07 Å². The molecule has 18 heavy (non-hydrogen) atoms. The number of sulfonamides is 1. The van der Waals surface area contributed by atoms with E-state index in [2.05, 4.69) is 5.32 Å². The van der Waals surface area contributed by atoms with Gasteiger partial charge in [-0.3, -0.25) is 0 Å². The number of rotatable bonds is 2. The number of hydrogen-bond acceptors (Lipinski definition) is 4. The van der Waals surface area contributed by atoms with E-state index >= 15 is 0 Å². The molecular formula is C11H14ClN3O2S. The fourth-order valence-electron chi connectivity index (χ4n) is 1.81. The minimum atomic E-state index is -3.53. The molecule has 1 N–H and O–H groups in total. The van der Waals surface area contributed by atoms with Gasteiger partial charge in [0.1, 0.15) is 6.07 Å². The van der Waals surface area contributed by atoms with Gasteiger partial charge in [-0.1, -0.05) is 12.1 Å². The lowest BCUT2D eigenvalue weighted by Gasteiger charge is -2.26. The van der Waals surface area contributed by atoms with Crippen LogP contribution in [0.1, 0.15) is 5.56 Å². The minimum Gasteiger partial charge on any atom is -0.314 e. The number of benzene rings is 1. The molecule has 5 nitrogen and oxygen atoms in total. The highest BCUT2D eigenvalue weighted by Gasteiger charge is 2.27. The number of nitriles is 1. The smallest absolute Gasteiger partial charge is 0.244 e. The quantitative estimate of drug-likeness (QED) is 0.863. The third kappa shape index (κ3) is 2.82. The molecule has 2 rings (SSSR count). The zero-order valence-corrected chi connectivity index (χ0v) is 11.3. The fourth-order valence-corrected chi connectivity index (χ4v) is 3.39. The van der Waals surface area contributed by atoms with Crippen molar-refractivity contribution in [2.45, 2.75) is 4.90 Å². The van der Waals surface area contributed by atoms with Crippen molar-refractivity contribution in [3.63, 3.8) is 0 Å². The van der Waals surface area contributed by atoms with E-state index in [1.165, 1.54) is 16.4 Å². The summed E-state index contributed by atoms with van der Waals surface area (Å²) in [5.74, 6) is 0. The molecule has 0 bridgehead atoms. The van der Waals surface area contributed by atoms with Crippen LogP contribution in [-0.2, 0) is 10.0 Å². The van der Waals surface area contributed by atoms with Crippen molar-refractivity contribution in [1.29, 1.82) is 5.26 Å². The Kier molecular flexibility index (Phi) is 5.11. The predicted molar refractivity (Wildman–Crippen MR) is 70.0 cm³/mol. The highest BCUT2D eigenvalue weighted by atomic mass is 35.5. The molecule has 1 heterocycles. The Hall–Kier alpha value is -1.13. The molecule has 0 aromatic heterocycles. The summed E-state index contributed by atoms with van der Waals surface area (Å²) in [5.41, 5.74) is 0.200. The van der Waals surface area contributed by atoms with Gasteiger partial charge in [0, 0.05) is 26.2 Å². The van der Waals surface area contributed by atoms with Crippen LogP contribution >= 0.6 is 12.4 Å². The molecule has 1 aliphatic heterocycles. The van der Waals surface area contributed by atoms with Crippen LogP contribution in [0.2, 0.25) is 0 Å². The van der Waals surface area contributed by atoms with Gasteiger partial charge in [-0.2, -0.15) is 9.57 Å². The fraction of sp³-hybridized carbons (Fsp3) is 0.364. The van der Waals surface area contributed by atoms with Crippen LogP contribution < -0.4 is 5.32 Å². The Morgan fingerprint density at radius 1 is 1.22 bits per heavy atom. The molecule has 0 aliphatic carbocycles. The van der Waals surface area contributed by atoms with Gasteiger partial charge in [-0.15, -0.1) is 12.4 Å². The van der Waals surface area contributed by atoms with Crippen LogP contribution in [0.3, 0.4) is 0 Å². The SMILES string of the molecule is Cl.N#Cc1ccccc1S(=O)(=O)N1CCNCC1. The highest BCUT2D eigenvalue weighted by Crippen LogP contribution is 2.19. The molecule has 1 fully saturated rings. The predicted octanol–water partition coefficient (Wildman–Crippen LogP) is 0.574. The van der Waals surface area contributed by atoms with Crippen LogP contribution in [0, 0.1) is 11.3 Å². The topological polar surface area (TPSA) is 73.2 Å². The molecule has 0 amide bonds. The lowest BCUT2D eigenvalue weighted by atomic mass is 10.2. The van der Waals surface area contributed by atoms with E-state index in [0.29, 0.717) is 26.2 Å².